The summed E-state index contributed by atoms with van der Waals surface area (Å²) in [5.41, 5.74) is 0.820. The van der Waals surface area contributed by atoms with Crippen molar-refractivity contribution in [2.75, 3.05) is 0 Å². The molecule has 6 heteroatoms. The lowest BCUT2D eigenvalue weighted by molar-refractivity contribution is 0.486. The maximum atomic E-state index is 14.6. The first-order valence-electron chi connectivity index (χ1n) is 8.36. The molecule has 2 aromatic carbocycles. The highest BCUT2D eigenvalue weighted by molar-refractivity contribution is 6.74. The van der Waals surface area contributed by atoms with E-state index in [4.69, 9.17) is 20.4 Å². The average molecular weight is 395 g/mol. The lowest BCUT2D eigenvalue weighted by Crippen LogP contribution is -2.43. The summed E-state index contributed by atoms with van der Waals surface area (Å²) in [5, 5.41) is 0.653. The molecule has 1 aromatic heterocycles. The molecule has 0 saturated heterocycles. The summed E-state index contributed by atoms with van der Waals surface area (Å²) in [7, 11) is -2.28. The number of hydrogen-bond acceptors (Lipinski definition) is 2. The predicted octanol–water partition coefficient (Wildman–Crippen LogP) is 7.42. The van der Waals surface area contributed by atoms with Gasteiger partial charge in [0.05, 0.1) is 5.39 Å². The molecule has 3 rings (SSSR count). The highest BCUT2D eigenvalue weighted by Gasteiger charge is 2.40. The van der Waals surface area contributed by atoms with Gasteiger partial charge in [-0.2, -0.15) is 0 Å². The Morgan fingerprint density at radius 3 is 2.23 bits per heavy atom. The Balaban J connectivity index is 2.27. The van der Waals surface area contributed by atoms with Gasteiger partial charge in [0.15, 0.2) is 11.5 Å². The Labute approximate surface area is 157 Å². The fourth-order valence-corrected chi connectivity index (χ4v) is 3.55. The molecule has 0 radical (unpaired) electrons. The minimum absolute atomic E-state index is 0.0929. The van der Waals surface area contributed by atoms with Crippen LogP contribution in [0.15, 0.2) is 40.8 Å². The summed E-state index contributed by atoms with van der Waals surface area (Å²) in [6.45, 7) is 10.4. The van der Waals surface area contributed by atoms with Crippen molar-refractivity contribution in [2.24, 2.45) is 0 Å². The van der Waals surface area contributed by atoms with Gasteiger partial charge < -0.3 is 8.84 Å². The Hall–Kier alpha value is -1.85. The van der Waals surface area contributed by atoms with E-state index in [1.807, 2.05) is 0 Å². The second-order valence-corrected chi connectivity index (χ2v) is 13.1. The standard InChI is InChI=1S/C20H21ClF2O2Si/c1-20(2,3)26(4,5)25-19-17-15(23)10-14(22)11-16(17)24-18(19)12-6-8-13(21)9-7-12/h6-11H,1-5H3. The van der Waals surface area contributed by atoms with E-state index < -0.39 is 20.0 Å². The van der Waals surface area contributed by atoms with Crippen molar-refractivity contribution in [3.05, 3.63) is 53.1 Å². The van der Waals surface area contributed by atoms with Gasteiger partial charge in [-0.05, 0) is 42.4 Å². The van der Waals surface area contributed by atoms with E-state index in [1.54, 1.807) is 24.3 Å². The molecule has 0 aliphatic carbocycles. The normalized spacial score (nSPS) is 12.6. The first-order valence-corrected chi connectivity index (χ1v) is 11.6. The third-order valence-electron chi connectivity index (χ3n) is 4.93. The summed E-state index contributed by atoms with van der Waals surface area (Å²) in [4.78, 5) is 0. The van der Waals surface area contributed by atoms with E-state index in [-0.39, 0.29) is 16.0 Å². The van der Waals surface area contributed by atoms with Crippen LogP contribution in [-0.2, 0) is 0 Å². The average Bonchev–Trinajstić information content (AvgIpc) is 2.84. The Bertz CT molecular complexity index is 957. The van der Waals surface area contributed by atoms with Gasteiger partial charge >= 0.3 is 0 Å². The topological polar surface area (TPSA) is 22.4 Å². The number of rotatable bonds is 3. The summed E-state index contributed by atoms with van der Waals surface area (Å²) < 4.78 is 40.5. The van der Waals surface area contributed by atoms with Crippen LogP contribution < -0.4 is 4.43 Å². The SMILES string of the molecule is CC(C)(C)[Si](C)(C)Oc1c(-c2ccc(Cl)cc2)oc2cc(F)cc(F)c12. The molecule has 26 heavy (non-hydrogen) atoms. The van der Waals surface area contributed by atoms with Crippen molar-refractivity contribution < 1.29 is 17.6 Å². The van der Waals surface area contributed by atoms with Crippen molar-refractivity contribution >= 4 is 30.9 Å². The zero-order chi connectivity index (χ0) is 19.3. The molecule has 0 bridgehead atoms. The third kappa shape index (κ3) is 3.38. The zero-order valence-electron chi connectivity index (χ0n) is 15.4. The van der Waals surface area contributed by atoms with Crippen LogP contribution in [0.1, 0.15) is 20.8 Å². The van der Waals surface area contributed by atoms with Crippen LogP contribution in [0.25, 0.3) is 22.3 Å². The number of furan rings is 1. The monoisotopic (exact) mass is 394 g/mol. The zero-order valence-corrected chi connectivity index (χ0v) is 17.2. The molecule has 0 unspecified atom stereocenters. The second kappa shape index (κ2) is 6.39. The lowest BCUT2D eigenvalue weighted by atomic mass is 10.1. The molecule has 1 heterocycles. The summed E-state index contributed by atoms with van der Waals surface area (Å²) in [6, 6.07) is 9.01. The van der Waals surface area contributed by atoms with Gasteiger partial charge in [-0.25, -0.2) is 8.78 Å². The van der Waals surface area contributed by atoms with Gasteiger partial charge in [0.2, 0.25) is 0 Å². The Kier molecular flexibility index (Phi) is 4.65. The molecule has 0 amide bonds. The van der Waals surface area contributed by atoms with Crippen LogP contribution >= 0.6 is 11.6 Å². The van der Waals surface area contributed by atoms with E-state index >= 15 is 0 Å². The molecule has 0 aliphatic heterocycles. The molecular weight excluding hydrogens is 374 g/mol. The number of halogens is 3. The molecule has 0 saturated carbocycles. The molecule has 0 atom stereocenters. The third-order valence-corrected chi connectivity index (χ3v) is 9.51. The Morgan fingerprint density at radius 1 is 1.04 bits per heavy atom. The molecule has 0 N–H and O–H groups in total. The predicted molar refractivity (Wildman–Crippen MR) is 104 cm³/mol. The van der Waals surface area contributed by atoms with Crippen LogP contribution in [0, 0.1) is 11.6 Å². The summed E-state index contributed by atoms with van der Waals surface area (Å²) >= 11 is 5.97. The van der Waals surface area contributed by atoms with Crippen LogP contribution in [0.5, 0.6) is 5.75 Å². The van der Waals surface area contributed by atoms with Crippen LogP contribution in [-0.4, -0.2) is 8.32 Å². The molecule has 0 spiro atoms. The molecule has 138 valence electrons. The molecule has 2 nitrogen and oxygen atoms in total. The first-order chi connectivity index (χ1) is 12.0. The molecule has 0 fully saturated rings. The number of hydrogen-bond donors (Lipinski definition) is 0. The highest BCUT2D eigenvalue weighted by atomic mass is 35.5. The van der Waals surface area contributed by atoms with Crippen LogP contribution in [0.4, 0.5) is 8.78 Å². The van der Waals surface area contributed by atoms with Crippen molar-refractivity contribution in [1.29, 1.82) is 0 Å². The molecule has 0 aliphatic rings. The van der Waals surface area contributed by atoms with E-state index in [0.717, 1.165) is 6.07 Å². The number of benzene rings is 2. The second-order valence-electron chi connectivity index (χ2n) is 7.89. The van der Waals surface area contributed by atoms with E-state index in [2.05, 4.69) is 33.9 Å². The largest absolute Gasteiger partial charge is 0.540 e. The van der Waals surface area contributed by atoms with Gasteiger partial charge in [0.1, 0.15) is 17.2 Å². The van der Waals surface area contributed by atoms with Crippen LogP contribution in [0.2, 0.25) is 23.2 Å². The van der Waals surface area contributed by atoms with Crippen molar-refractivity contribution in [3.8, 4) is 17.1 Å². The fraction of sp³-hybridized carbons (Fsp3) is 0.300. The van der Waals surface area contributed by atoms with Gasteiger partial charge in [-0.3, -0.25) is 0 Å². The number of fused-ring (bicyclic) bond motifs is 1. The Morgan fingerprint density at radius 2 is 1.65 bits per heavy atom. The van der Waals surface area contributed by atoms with E-state index in [0.29, 0.717) is 22.1 Å². The fourth-order valence-electron chi connectivity index (χ4n) is 2.42. The summed E-state index contributed by atoms with van der Waals surface area (Å²) in [6.07, 6.45) is 0. The van der Waals surface area contributed by atoms with Gasteiger partial charge in [-0.1, -0.05) is 32.4 Å². The highest BCUT2D eigenvalue weighted by Crippen LogP contribution is 2.46. The van der Waals surface area contributed by atoms with Crippen molar-refractivity contribution in [2.45, 2.75) is 38.9 Å². The minimum Gasteiger partial charge on any atom is -0.540 e. The van der Waals surface area contributed by atoms with Gasteiger partial charge in [0.25, 0.3) is 8.32 Å². The smallest absolute Gasteiger partial charge is 0.250 e. The molecule has 3 aromatic rings. The van der Waals surface area contributed by atoms with Crippen LogP contribution in [0.3, 0.4) is 0 Å². The summed E-state index contributed by atoms with van der Waals surface area (Å²) in [5.74, 6) is -0.680. The maximum absolute atomic E-state index is 14.6. The van der Waals surface area contributed by atoms with E-state index in [9.17, 15) is 8.78 Å². The quantitative estimate of drug-likeness (QED) is 0.431. The lowest BCUT2D eigenvalue weighted by Gasteiger charge is -2.36. The van der Waals surface area contributed by atoms with Crippen molar-refractivity contribution in [3.63, 3.8) is 0 Å². The van der Waals surface area contributed by atoms with Crippen molar-refractivity contribution in [1.82, 2.24) is 0 Å². The first kappa shape index (κ1) is 18.9. The molecular formula is C20H21ClF2O2Si. The minimum atomic E-state index is -2.28. The van der Waals surface area contributed by atoms with Gasteiger partial charge in [0, 0.05) is 22.7 Å². The van der Waals surface area contributed by atoms with E-state index in [1.165, 1.54) is 6.07 Å². The van der Waals surface area contributed by atoms with Gasteiger partial charge in [-0.15, -0.1) is 0 Å². The maximum Gasteiger partial charge on any atom is 0.250 e.